The third kappa shape index (κ3) is 6.26. The molecule has 1 atom stereocenters. The van der Waals surface area contributed by atoms with Gasteiger partial charge in [-0.1, -0.05) is 6.07 Å². The molecule has 1 aliphatic rings. The second kappa shape index (κ2) is 12.7. The number of carbonyl (C=O) groups is 1. The fourth-order valence-corrected chi connectivity index (χ4v) is 5.69. The van der Waals surface area contributed by atoms with Gasteiger partial charge in [0.2, 0.25) is 0 Å². The number of carbonyl (C=O) groups excluding carboxylic acids is 1. The molecular weight excluding hydrogens is 581 g/mol. The number of hydrogen-bond donors (Lipinski definition) is 3. The van der Waals surface area contributed by atoms with Crippen molar-refractivity contribution in [2.75, 3.05) is 26.1 Å². The SMILES string of the molecule is COCCn1ncc2c(Nc3cc(C)[nH]n3)nc([C@H]3CC[C@](OC)(C(=O)N[C@@H](C)c4ccc(-n5cc(F)cn5)nc4)CC3)nc21. The van der Waals surface area contributed by atoms with E-state index in [4.69, 9.17) is 19.4 Å². The number of methoxy groups -OCH3 is 2. The number of aryl methyl sites for hydroxylation is 1. The van der Waals surface area contributed by atoms with Crippen LogP contribution in [-0.4, -0.2) is 77.0 Å². The van der Waals surface area contributed by atoms with Crippen molar-refractivity contribution >= 4 is 28.6 Å². The third-order valence-corrected chi connectivity index (χ3v) is 8.34. The van der Waals surface area contributed by atoms with Crippen molar-refractivity contribution in [1.82, 2.24) is 50.0 Å². The Morgan fingerprint density at radius 3 is 2.64 bits per heavy atom. The number of aromatic amines is 1. The van der Waals surface area contributed by atoms with Crippen LogP contribution in [0.1, 0.15) is 61.6 Å². The number of halogens is 1. The molecule has 0 unspecified atom stereocenters. The molecule has 15 heteroatoms. The Bertz CT molecular complexity index is 1770. The lowest BCUT2D eigenvalue weighted by atomic mass is 9.77. The summed E-state index contributed by atoms with van der Waals surface area (Å²) >= 11 is 0. The molecule has 0 radical (unpaired) electrons. The van der Waals surface area contributed by atoms with Crippen molar-refractivity contribution < 1.29 is 18.7 Å². The number of H-pyrrole nitrogens is 1. The van der Waals surface area contributed by atoms with Gasteiger partial charge in [0.05, 0.1) is 43.2 Å². The van der Waals surface area contributed by atoms with E-state index in [-0.39, 0.29) is 17.9 Å². The summed E-state index contributed by atoms with van der Waals surface area (Å²) in [6.45, 7) is 4.87. The second-order valence-corrected chi connectivity index (χ2v) is 11.3. The summed E-state index contributed by atoms with van der Waals surface area (Å²) < 4.78 is 27.7. The summed E-state index contributed by atoms with van der Waals surface area (Å²) in [7, 11) is 3.23. The molecule has 5 aromatic heterocycles. The van der Waals surface area contributed by atoms with E-state index in [9.17, 15) is 9.18 Å². The zero-order chi connectivity index (χ0) is 31.6. The van der Waals surface area contributed by atoms with Crippen molar-refractivity contribution in [1.29, 1.82) is 0 Å². The predicted molar refractivity (Wildman–Crippen MR) is 163 cm³/mol. The van der Waals surface area contributed by atoms with Crippen LogP contribution in [-0.2, 0) is 20.8 Å². The highest BCUT2D eigenvalue weighted by Crippen LogP contribution is 2.40. The molecule has 5 heterocycles. The van der Waals surface area contributed by atoms with E-state index >= 15 is 0 Å². The molecule has 0 aromatic carbocycles. The average Bonchev–Trinajstić information content (AvgIpc) is 3.79. The lowest BCUT2D eigenvalue weighted by Gasteiger charge is -2.38. The monoisotopic (exact) mass is 617 g/mol. The average molecular weight is 618 g/mol. The van der Waals surface area contributed by atoms with Gasteiger partial charge < -0.3 is 20.1 Å². The van der Waals surface area contributed by atoms with Crippen molar-refractivity contribution in [2.45, 2.75) is 63.6 Å². The van der Waals surface area contributed by atoms with Crippen molar-refractivity contribution in [3.63, 3.8) is 0 Å². The smallest absolute Gasteiger partial charge is 0.252 e. The fourth-order valence-electron chi connectivity index (χ4n) is 5.69. The van der Waals surface area contributed by atoms with Crippen LogP contribution in [0.25, 0.3) is 16.9 Å². The number of hydrogen-bond acceptors (Lipinski definition) is 10. The van der Waals surface area contributed by atoms with E-state index in [1.807, 2.05) is 30.7 Å². The molecule has 0 aliphatic heterocycles. The number of fused-ring (bicyclic) bond motifs is 1. The highest BCUT2D eigenvalue weighted by atomic mass is 19.1. The Hall–Kier alpha value is -4.76. The molecule has 1 aliphatic carbocycles. The van der Waals surface area contributed by atoms with Crippen LogP contribution < -0.4 is 10.6 Å². The Morgan fingerprint density at radius 1 is 1.18 bits per heavy atom. The Morgan fingerprint density at radius 2 is 2.00 bits per heavy atom. The van der Waals surface area contributed by atoms with Crippen LogP contribution in [0.15, 0.2) is 43.0 Å². The van der Waals surface area contributed by atoms with Gasteiger partial charge in [0.15, 0.2) is 23.1 Å². The summed E-state index contributed by atoms with van der Waals surface area (Å²) in [5, 5.41) is 22.9. The van der Waals surface area contributed by atoms with Crippen LogP contribution in [0.4, 0.5) is 16.0 Å². The minimum Gasteiger partial charge on any atom is -0.383 e. The summed E-state index contributed by atoms with van der Waals surface area (Å²) in [5.41, 5.74) is 1.45. The summed E-state index contributed by atoms with van der Waals surface area (Å²) in [4.78, 5) is 27.9. The van der Waals surface area contributed by atoms with E-state index in [2.05, 4.69) is 36.0 Å². The summed E-state index contributed by atoms with van der Waals surface area (Å²) in [6, 6.07) is 5.15. The number of nitrogens with one attached hydrogen (secondary N) is 3. The van der Waals surface area contributed by atoms with Gasteiger partial charge >= 0.3 is 0 Å². The van der Waals surface area contributed by atoms with Gasteiger partial charge in [-0.05, 0) is 51.2 Å². The first-order valence-corrected chi connectivity index (χ1v) is 14.8. The first kappa shape index (κ1) is 30.3. The Kier molecular flexibility index (Phi) is 8.54. The zero-order valence-corrected chi connectivity index (χ0v) is 25.6. The first-order chi connectivity index (χ1) is 21.8. The van der Waals surface area contributed by atoms with Crippen molar-refractivity contribution in [3.8, 4) is 5.82 Å². The molecule has 5 aromatic rings. The molecule has 0 saturated heterocycles. The molecule has 3 N–H and O–H groups in total. The second-order valence-electron chi connectivity index (χ2n) is 11.3. The standard InChI is InChI=1S/C30H36FN11O3/c1-18-13-24(40-39-18)36-27-23-16-34-41(11-12-44-3)28(23)38-26(37-27)20-7-9-30(45-4,10-8-20)29(43)35-19(2)21-5-6-25(32-14-21)42-17-22(31)15-33-42/h5-6,13-17,19-20H,7-12H2,1-4H3,(H,35,43)(H2,36,37,38,39,40)/t19-,20-,30+/m0/s1. The van der Waals surface area contributed by atoms with Gasteiger partial charge in [0, 0.05) is 38.1 Å². The number of rotatable bonds is 11. The molecule has 1 fully saturated rings. The van der Waals surface area contributed by atoms with Crippen LogP contribution in [0.3, 0.4) is 0 Å². The molecule has 0 bridgehead atoms. The molecule has 0 spiro atoms. The zero-order valence-electron chi connectivity index (χ0n) is 25.6. The molecule has 236 valence electrons. The van der Waals surface area contributed by atoms with E-state index < -0.39 is 11.4 Å². The van der Waals surface area contributed by atoms with E-state index in [0.29, 0.717) is 67.8 Å². The van der Waals surface area contributed by atoms with E-state index in [0.717, 1.165) is 22.8 Å². The van der Waals surface area contributed by atoms with Gasteiger partial charge in [-0.2, -0.15) is 15.3 Å². The number of ether oxygens (including phenoxy) is 2. The molecule has 1 saturated carbocycles. The highest BCUT2D eigenvalue weighted by Gasteiger charge is 2.43. The minimum atomic E-state index is -0.983. The number of amides is 1. The maximum Gasteiger partial charge on any atom is 0.252 e. The molecule has 6 rings (SSSR count). The van der Waals surface area contributed by atoms with Gasteiger partial charge in [-0.15, -0.1) is 0 Å². The lowest BCUT2D eigenvalue weighted by molar-refractivity contribution is -0.148. The fraction of sp³-hybridized carbons (Fsp3) is 0.433. The van der Waals surface area contributed by atoms with Crippen molar-refractivity contribution in [3.05, 3.63) is 65.9 Å². The third-order valence-electron chi connectivity index (χ3n) is 8.34. The largest absolute Gasteiger partial charge is 0.383 e. The number of aromatic nitrogens is 9. The van der Waals surface area contributed by atoms with Crippen LogP contribution in [0, 0.1) is 12.7 Å². The Balaban J connectivity index is 1.17. The van der Waals surface area contributed by atoms with Crippen molar-refractivity contribution in [2.24, 2.45) is 0 Å². The maximum absolute atomic E-state index is 13.6. The summed E-state index contributed by atoms with van der Waals surface area (Å²) in [5.74, 6) is 1.82. The molecule has 1 amide bonds. The lowest BCUT2D eigenvalue weighted by Crippen LogP contribution is -2.50. The van der Waals surface area contributed by atoms with Gasteiger partial charge in [-0.3, -0.25) is 9.89 Å². The first-order valence-electron chi connectivity index (χ1n) is 14.8. The van der Waals surface area contributed by atoms with E-state index in [1.165, 1.54) is 10.9 Å². The normalized spacial score (nSPS) is 19.1. The number of nitrogens with zero attached hydrogens (tertiary/aromatic N) is 8. The molecular formula is C30H36FN11O3. The van der Waals surface area contributed by atoms with E-state index in [1.54, 1.807) is 32.7 Å². The van der Waals surface area contributed by atoms with Gasteiger partial charge in [-0.25, -0.2) is 28.7 Å². The Labute approximate surface area is 258 Å². The summed E-state index contributed by atoms with van der Waals surface area (Å²) in [6.07, 6.45) is 8.09. The number of anilines is 2. The quantitative estimate of drug-likeness (QED) is 0.198. The highest BCUT2D eigenvalue weighted by molar-refractivity contribution is 5.88. The molecule has 45 heavy (non-hydrogen) atoms. The topological polar surface area (TPSA) is 163 Å². The predicted octanol–water partition coefficient (Wildman–Crippen LogP) is 3.89. The van der Waals surface area contributed by atoms with Crippen LogP contribution >= 0.6 is 0 Å². The van der Waals surface area contributed by atoms with Gasteiger partial charge in [0.1, 0.15) is 17.2 Å². The minimum absolute atomic E-state index is 0.0130. The molecule has 14 nitrogen and oxygen atoms in total. The maximum atomic E-state index is 13.6. The number of pyridine rings is 1. The van der Waals surface area contributed by atoms with Crippen LogP contribution in [0.5, 0.6) is 0 Å². The van der Waals surface area contributed by atoms with Crippen LogP contribution in [0.2, 0.25) is 0 Å². The van der Waals surface area contributed by atoms with Gasteiger partial charge in [0.25, 0.3) is 5.91 Å².